The van der Waals surface area contributed by atoms with Crippen molar-refractivity contribution in [2.24, 2.45) is 0 Å². The van der Waals surface area contributed by atoms with Crippen molar-refractivity contribution in [2.45, 2.75) is 0 Å². The number of halogens is 1. The van der Waals surface area contributed by atoms with Crippen LogP contribution in [0.4, 0.5) is 4.39 Å². The van der Waals surface area contributed by atoms with Gasteiger partial charge >= 0.3 is 5.97 Å². The molecule has 72 valence electrons. The molecular weight excluding hydrogens is 187 g/mol. The molecule has 0 aliphatic heterocycles. The zero-order valence-corrected chi connectivity index (χ0v) is 7.11. The van der Waals surface area contributed by atoms with Gasteiger partial charge in [0.05, 0.1) is 5.56 Å². The van der Waals surface area contributed by atoms with Gasteiger partial charge in [0.25, 0.3) is 0 Å². The Kier molecular flexibility index (Phi) is 3.12. The molecule has 0 atom stereocenters. The molecule has 1 aromatic rings. The van der Waals surface area contributed by atoms with E-state index < -0.39 is 11.8 Å². The molecule has 0 aliphatic rings. The molecule has 0 saturated heterocycles. The first-order valence-corrected chi connectivity index (χ1v) is 3.80. The van der Waals surface area contributed by atoms with Crippen LogP contribution in [0.1, 0.15) is 15.9 Å². The Morgan fingerprint density at radius 3 is 2.71 bits per heavy atom. The van der Waals surface area contributed by atoms with Gasteiger partial charge < -0.3 is 5.11 Å². The molecule has 1 N–H and O–H groups in total. The predicted octanol–water partition coefficient (Wildman–Crippen LogP) is 1.74. The highest BCUT2D eigenvalue weighted by atomic mass is 19.1. The van der Waals surface area contributed by atoms with Crippen LogP contribution in [0.3, 0.4) is 0 Å². The lowest BCUT2D eigenvalue weighted by Crippen LogP contribution is -1.92. The van der Waals surface area contributed by atoms with Gasteiger partial charge in [-0.25, -0.2) is 9.18 Å². The van der Waals surface area contributed by atoms with E-state index in [1.54, 1.807) is 0 Å². The van der Waals surface area contributed by atoms with E-state index in [9.17, 15) is 14.0 Å². The van der Waals surface area contributed by atoms with Crippen molar-refractivity contribution in [1.82, 2.24) is 0 Å². The normalized spacial score (nSPS) is 10.4. The smallest absolute Gasteiger partial charge is 0.328 e. The highest BCUT2D eigenvalue weighted by Gasteiger charge is 2.04. The molecule has 4 heteroatoms. The monoisotopic (exact) mass is 194 g/mol. The maximum Gasteiger partial charge on any atom is 0.328 e. The maximum absolute atomic E-state index is 13.0. The van der Waals surface area contributed by atoms with Crippen LogP contribution >= 0.6 is 0 Å². The van der Waals surface area contributed by atoms with Crippen molar-refractivity contribution in [3.05, 3.63) is 41.2 Å². The Morgan fingerprint density at radius 2 is 2.14 bits per heavy atom. The average molecular weight is 194 g/mol. The quantitative estimate of drug-likeness (QED) is 0.589. The minimum atomic E-state index is -1.15. The molecule has 0 aliphatic carbocycles. The molecule has 0 fully saturated rings. The van der Waals surface area contributed by atoms with Crippen molar-refractivity contribution in [2.75, 3.05) is 0 Å². The van der Waals surface area contributed by atoms with E-state index in [2.05, 4.69) is 0 Å². The van der Waals surface area contributed by atoms with Gasteiger partial charge in [-0.2, -0.15) is 0 Å². The molecule has 0 spiro atoms. The van der Waals surface area contributed by atoms with E-state index in [0.29, 0.717) is 6.29 Å². The Labute approximate surface area is 79.5 Å². The number of aldehydes is 1. The molecule has 1 rings (SSSR count). The van der Waals surface area contributed by atoms with Crippen LogP contribution in [0, 0.1) is 5.82 Å². The predicted molar refractivity (Wildman–Crippen MR) is 48.5 cm³/mol. The van der Waals surface area contributed by atoms with Gasteiger partial charge in [0.1, 0.15) is 5.82 Å². The molecule has 0 radical (unpaired) electrons. The summed E-state index contributed by atoms with van der Waals surface area (Å²) in [4.78, 5) is 20.7. The Morgan fingerprint density at radius 1 is 1.43 bits per heavy atom. The SMILES string of the molecule is O=Cc1c(F)cccc1C=CC(=O)O. The number of rotatable bonds is 3. The van der Waals surface area contributed by atoms with Crippen LogP contribution in [-0.2, 0) is 4.79 Å². The van der Waals surface area contributed by atoms with Gasteiger partial charge in [-0.3, -0.25) is 4.79 Å². The average Bonchev–Trinajstić information content (AvgIpc) is 2.14. The summed E-state index contributed by atoms with van der Waals surface area (Å²) in [6, 6.07) is 4.01. The summed E-state index contributed by atoms with van der Waals surface area (Å²) in [5.74, 6) is -1.81. The van der Waals surface area contributed by atoms with E-state index in [-0.39, 0.29) is 11.1 Å². The van der Waals surface area contributed by atoms with Crippen molar-refractivity contribution in [3.63, 3.8) is 0 Å². The molecule has 0 aromatic heterocycles. The summed E-state index contributed by atoms with van der Waals surface area (Å²) in [5.41, 5.74) is 0.118. The minimum Gasteiger partial charge on any atom is -0.478 e. The fraction of sp³-hybridized carbons (Fsp3) is 0. The van der Waals surface area contributed by atoms with Crippen LogP contribution in [0.2, 0.25) is 0 Å². The molecule has 3 nitrogen and oxygen atoms in total. The summed E-state index contributed by atoms with van der Waals surface area (Å²) in [6.07, 6.45) is 2.38. The second-order valence-electron chi connectivity index (χ2n) is 2.53. The van der Waals surface area contributed by atoms with Gasteiger partial charge in [0.2, 0.25) is 0 Å². The molecule has 0 unspecified atom stereocenters. The van der Waals surface area contributed by atoms with E-state index in [0.717, 1.165) is 12.1 Å². The fourth-order valence-electron chi connectivity index (χ4n) is 0.984. The van der Waals surface area contributed by atoms with Gasteiger partial charge in [0, 0.05) is 6.08 Å². The second-order valence-corrected chi connectivity index (χ2v) is 2.53. The first-order chi connectivity index (χ1) is 6.65. The van der Waals surface area contributed by atoms with Crippen molar-refractivity contribution < 1.29 is 19.1 Å². The highest BCUT2D eigenvalue weighted by Crippen LogP contribution is 2.12. The first-order valence-electron chi connectivity index (χ1n) is 3.80. The van der Waals surface area contributed by atoms with E-state index in [1.807, 2.05) is 0 Å². The summed E-state index contributed by atoms with van der Waals surface area (Å²) in [5, 5.41) is 8.34. The molecule has 1 aromatic carbocycles. The Hall–Kier alpha value is -1.97. The second kappa shape index (κ2) is 4.32. The topological polar surface area (TPSA) is 54.4 Å². The molecule has 0 heterocycles. The van der Waals surface area contributed by atoms with Crippen molar-refractivity contribution in [3.8, 4) is 0 Å². The van der Waals surface area contributed by atoms with E-state index in [1.165, 1.54) is 18.2 Å². The van der Waals surface area contributed by atoms with Crippen LogP contribution in [0.15, 0.2) is 24.3 Å². The fourth-order valence-corrected chi connectivity index (χ4v) is 0.984. The third kappa shape index (κ3) is 2.26. The lowest BCUT2D eigenvalue weighted by atomic mass is 10.1. The number of benzene rings is 1. The number of carboxylic acid groups (broad SMARTS) is 1. The molecular formula is C10H7FO3. The lowest BCUT2D eigenvalue weighted by Gasteiger charge is -1.98. The number of hydrogen-bond acceptors (Lipinski definition) is 2. The Balaban J connectivity index is 3.14. The molecule has 14 heavy (non-hydrogen) atoms. The molecule has 0 bridgehead atoms. The number of carboxylic acids is 1. The van der Waals surface area contributed by atoms with E-state index in [4.69, 9.17) is 5.11 Å². The molecule has 0 amide bonds. The summed E-state index contributed by atoms with van der Waals surface area (Å²) < 4.78 is 13.0. The highest BCUT2D eigenvalue weighted by molar-refractivity contribution is 5.89. The van der Waals surface area contributed by atoms with Crippen LogP contribution < -0.4 is 0 Å². The summed E-state index contributed by atoms with van der Waals surface area (Å²) in [7, 11) is 0. The number of aliphatic carboxylic acids is 1. The number of hydrogen-bond donors (Lipinski definition) is 1. The van der Waals surface area contributed by atoms with Gasteiger partial charge in [0.15, 0.2) is 6.29 Å². The van der Waals surface area contributed by atoms with Crippen LogP contribution in [-0.4, -0.2) is 17.4 Å². The van der Waals surface area contributed by atoms with E-state index >= 15 is 0 Å². The Bertz CT molecular complexity index is 396. The largest absolute Gasteiger partial charge is 0.478 e. The third-order valence-electron chi connectivity index (χ3n) is 1.61. The molecule has 0 saturated carbocycles. The lowest BCUT2D eigenvalue weighted by molar-refractivity contribution is -0.131. The number of carbonyl (C=O) groups is 2. The van der Waals surface area contributed by atoms with Crippen molar-refractivity contribution in [1.29, 1.82) is 0 Å². The summed E-state index contributed by atoms with van der Waals surface area (Å²) >= 11 is 0. The zero-order valence-electron chi connectivity index (χ0n) is 7.11. The first kappa shape index (κ1) is 10.1. The van der Waals surface area contributed by atoms with Gasteiger partial charge in [-0.05, 0) is 17.7 Å². The number of carbonyl (C=O) groups excluding carboxylic acids is 1. The zero-order chi connectivity index (χ0) is 10.6. The maximum atomic E-state index is 13.0. The minimum absolute atomic E-state index is 0.134. The standard InChI is InChI=1S/C10H7FO3/c11-9-3-1-2-7(8(9)6-12)4-5-10(13)14/h1-6H,(H,13,14). The third-order valence-corrected chi connectivity index (χ3v) is 1.61. The van der Waals surface area contributed by atoms with Gasteiger partial charge in [-0.15, -0.1) is 0 Å². The summed E-state index contributed by atoms with van der Waals surface area (Å²) in [6.45, 7) is 0. The van der Waals surface area contributed by atoms with Crippen LogP contribution in [0.25, 0.3) is 6.08 Å². The van der Waals surface area contributed by atoms with Crippen molar-refractivity contribution >= 4 is 18.3 Å². The van der Waals surface area contributed by atoms with Gasteiger partial charge in [-0.1, -0.05) is 12.1 Å². The van der Waals surface area contributed by atoms with Crippen LogP contribution in [0.5, 0.6) is 0 Å².